The number of aliphatic hydroxyl groups is 8. The second kappa shape index (κ2) is 11.2. The summed E-state index contributed by atoms with van der Waals surface area (Å²) >= 11 is 0. The van der Waals surface area contributed by atoms with Gasteiger partial charge in [0.25, 0.3) is 0 Å². The van der Waals surface area contributed by atoms with E-state index in [1.807, 2.05) is 0 Å². The zero-order chi connectivity index (χ0) is 25.5. The molecule has 0 aromatic carbocycles. The van der Waals surface area contributed by atoms with Crippen molar-refractivity contribution in [3.63, 3.8) is 0 Å². The van der Waals surface area contributed by atoms with E-state index >= 15 is 0 Å². The molecule has 0 unspecified atom stereocenters. The summed E-state index contributed by atoms with van der Waals surface area (Å²) in [5, 5.41) is 80.5. The molecule has 1 saturated carbocycles. The summed E-state index contributed by atoms with van der Waals surface area (Å²) in [7, 11) is 0. The topological polar surface area (TPSA) is 303 Å². The minimum absolute atomic E-state index is 0.0320. The Balaban J connectivity index is 1.73. The lowest BCUT2D eigenvalue weighted by Gasteiger charge is -2.48. The molecule has 3 rings (SSSR count). The van der Waals surface area contributed by atoms with Crippen molar-refractivity contribution in [2.75, 3.05) is 6.61 Å². The SMILES string of the molecule is N[C@@H]1[C@@H](O)[C@@H](O[C@@H]2[C@@H](O)[C@H](O[C@H]3O[C@H]([C@H](N)O)[C@@H](O)[C@H](O)[C@H]3O)[C@@H](N)C[C@H]2N)O[C@H](CO)[C@H]1O. The Hall–Kier alpha value is -0.640. The lowest BCUT2D eigenvalue weighted by molar-refractivity contribution is -0.339. The molecule has 0 bridgehead atoms. The van der Waals surface area contributed by atoms with Crippen LogP contribution in [0.4, 0.5) is 0 Å². The first-order valence-corrected chi connectivity index (χ1v) is 10.9. The summed E-state index contributed by atoms with van der Waals surface area (Å²) in [5.41, 5.74) is 23.3. The second-order valence-electron chi connectivity index (χ2n) is 8.97. The third-order valence-corrected chi connectivity index (χ3v) is 6.52. The molecule has 16 atom stereocenters. The smallest absolute Gasteiger partial charge is 0.187 e. The molecule has 200 valence electrons. The minimum atomic E-state index is -1.79. The molecule has 16 nitrogen and oxygen atoms in total. The number of aliphatic hydroxyl groups excluding tert-OH is 8. The summed E-state index contributed by atoms with van der Waals surface area (Å²) < 4.78 is 21.9. The summed E-state index contributed by atoms with van der Waals surface area (Å²) in [6.07, 6.45) is -19.8. The molecule has 0 radical (unpaired) electrons. The fourth-order valence-electron chi connectivity index (χ4n) is 4.45. The number of nitrogens with two attached hydrogens (primary N) is 4. The van der Waals surface area contributed by atoms with Crippen molar-refractivity contribution in [2.45, 2.75) is 104 Å². The van der Waals surface area contributed by atoms with Crippen molar-refractivity contribution >= 4 is 0 Å². The van der Waals surface area contributed by atoms with Gasteiger partial charge < -0.3 is 82.7 Å². The molecular weight excluding hydrogens is 464 g/mol. The van der Waals surface area contributed by atoms with Crippen molar-refractivity contribution in [2.24, 2.45) is 22.9 Å². The molecule has 2 heterocycles. The van der Waals surface area contributed by atoms with Gasteiger partial charge in [-0.05, 0) is 6.42 Å². The van der Waals surface area contributed by atoms with Crippen molar-refractivity contribution < 1.29 is 59.8 Å². The van der Waals surface area contributed by atoms with E-state index in [9.17, 15) is 40.9 Å². The first kappa shape index (κ1) is 27.9. The van der Waals surface area contributed by atoms with E-state index in [1.54, 1.807) is 0 Å². The molecular formula is C18H36N4O12. The summed E-state index contributed by atoms with van der Waals surface area (Å²) in [6.45, 7) is -0.615. The normalized spacial score (nSPS) is 53.5. The number of hydrogen-bond donors (Lipinski definition) is 12. The molecule has 0 aromatic heterocycles. The van der Waals surface area contributed by atoms with Crippen LogP contribution in [0.15, 0.2) is 0 Å². The molecule has 2 saturated heterocycles. The van der Waals surface area contributed by atoms with Crippen LogP contribution in [0.2, 0.25) is 0 Å². The van der Waals surface area contributed by atoms with Crippen molar-refractivity contribution in [1.29, 1.82) is 0 Å². The highest BCUT2D eigenvalue weighted by Gasteiger charge is 2.52. The molecule has 34 heavy (non-hydrogen) atoms. The molecule has 1 aliphatic carbocycles. The summed E-state index contributed by atoms with van der Waals surface area (Å²) in [5.74, 6) is 0. The Morgan fingerprint density at radius 1 is 0.735 bits per heavy atom. The molecule has 16 heteroatoms. The first-order valence-electron chi connectivity index (χ1n) is 10.9. The fourth-order valence-corrected chi connectivity index (χ4v) is 4.45. The molecule has 0 spiro atoms. The minimum Gasteiger partial charge on any atom is -0.394 e. The fraction of sp³-hybridized carbons (Fsp3) is 1.00. The van der Waals surface area contributed by atoms with E-state index in [4.69, 9.17) is 41.9 Å². The molecule has 3 aliphatic rings. The van der Waals surface area contributed by atoms with Gasteiger partial charge in [0.15, 0.2) is 12.6 Å². The van der Waals surface area contributed by atoms with Gasteiger partial charge in [-0.15, -0.1) is 0 Å². The Kier molecular flexibility index (Phi) is 9.18. The van der Waals surface area contributed by atoms with Crippen LogP contribution in [0.1, 0.15) is 6.42 Å². The molecule has 0 amide bonds. The Morgan fingerprint density at radius 3 is 1.76 bits per heavy atom. The van der Waals surface area contributed by atoms with Crippen LogP contribution in [-0.4, -0.2) is 145 Å². The zero-order valence-corrected chi connectivity index (χ0v) is 18.2. The van der Waals surface area contributed by atoms with E-state index in [-0.39, 0.29) is 6.42 Å². The molecule has 3 fully saturated rings. The maximum Gasteiger partial charge on any atom is 0.187 e. The van der Waals surface area contributed by atoms with E-state index in [2.05, 4.69) is 0 Å². The molecule has 0 aromatic rings. The van der Waals surface area contributed by atoms with Crippen LogP contribution < -0.4 is 22.9 Å². The molecule has 16 N–H and O–H groups in total. The molecule has 2 aliphatic heterocycles. The van der Waals surface area contributed by atoms with Gasteiger partial charge in [-0.25, -0.2) is 0 Å². The summed E-state index contributed by atoms with van der Waals surface area (Å²) in [6, 6.07) is -3.00. The quantitative estimate of drug-likeness (QED) is 0.151. The van der Waals surface area contributed by atoms with E-state index in [0.29, 0.717) is 0 Å². The van der Waals surface area contributed by atoms with E-state index < -0.39 is 105 Å². The van der Waals surface area contributed by atoms with Crippen LogP contribution in [0.25, 0.3) is 0 Å². The average Bonchev–Trinajstić information content (AvgIpc) is 2.78. The number of hydrogen-bond acceptors (Lipinski definition) is 16. The van der Waals surface area contributed by atoms with Gasteiger partial charge in [-0.2, -0.15) is 0 Å². The summed E-state index contributed by atoms with van der Waals surface area (Å²) in [4.78, 5) is 0. The van der Waals surface area contributed by atoms with Crippen LogP contribution in [-0.2, 0) is 18.9 Å². The van der Waals surface area contributed by atoms with Crippen LogP contribution in [0.3, 0.4) is 0 Å². The first-order chi connectivity index (χ1) is 15.9. The van der Waals surface area contributed by atoms with Gasteiger partial charge >= 0.3 is 0 Å². The zero-order valence-electron chi connectivity index (χ0n) is 18.2. The predicted octanol–water partition coefficient (Wildman–Crippen LogP) is -7.97. The highest BCUT2D eigenvalue weighted by atomic mass is 16.7. The highest BCUT2D eigenvalue weighted by Crippen LogP contribution is 2.31. The maximum absolute atomic E-state index is 10.9. The number of rotatable bonds is 6. The predicted molar refractivity (Wildman–Crippen MR) is 109 cm³/mol. The highest BCUT2D eigenvalue weighted by molar-refractivity contribution is 5.01. The Morgan fingerprint density at radius 2 is 1.26 bits per heavy atom. The van der Waals surface area contributed by atoms with Crippen molar-refractivity contribution in [1.82, 2.24) is 0 Å². The van der Waals surface area contributed by atoms with E-state index in [1.165, 1.54) is 0 Å². The standard InChI is InChI=1S/C18H36N4O12/c19-3-1-4(20)14(33-18-11(28)9(26)10(27)15(34-18)16(22)30)12(29)13(3)32-17-8(25)6(21)7(24)5(2-23)31-17/h3-18,23-30H,1-2,19-22H2/t3-,4+,5-,6+,7-,8-,9+,10+,11-,12-,13+,14-,15+,16-,17-,18+/m1/s1. The maximum atomic E-state index is 10.9. The van der Waals surface area contributed by atoms with Gasteiger partial charge in [0.2, 0.25) is 0 Å². The third-order valence-electron chi connectivity index (χ3n) is 6.52. The third kappa shape index (κ3) is 5.37. The number of ether oxygens (including phenoxy) is 4. The van der Waals surface area contributed by atoms with Gasteiger partial charge in [0, 0.05) is 12.1 Å². The Bertz CT molecular complexity index is 664. The van der Waals surface area contributed by atoms with Gasteiger partial charge in [0.1, 0.15) is 67.3 Å². The van der Waals surface area contributed by atoms with Crippen LogP contribution in [0.5, 0.6) is 0 Å². The van der Waals surface area contributed by atoms with E-state index in [0.717, 1.165) is 0 Å². The largest absolute Gasteiger partial charge is 0.394 e. The van der Waals surface area contributed by atoms with Gasteiger partial charge in [-0.3, -0.25) is 0 Å². The van der Waals surface area contributed by atoms with Gasteiger partial charge in [0.05, 0.1) is 12.6 Å². The lowest BCUT2D eigenvalue weighted by Crippen LogP contribution is -2.69. The van der Waals surface area contributed by atoms with Crippen molar-refractivity contribution in [3.8, 4) is 0 Å². The van der Waals surface area contributed by atoms with Crippen molar-refractivity contribution in [3.05, 3.63) is 0 Å². The van der Waals surface area contributed by atoms with Crippen LogP contribution >= 0.6 is 0 Å². The average molecular weight is 501 g/mol. The Labute approximate surface area is 194 Å². The van der Waals surface area contributed by atoms with Crippen LogP contribution in [0, 0.1) is 0 Å². The monoisotopic (exact) mass is 500 g/mol. The second-order valence-corrected chi connectivity index (χ2v) is 8.97. The lowest BCUT2D eigenvalue weighted by atomic mass is 9.84. The van der Waals surface area contributed by atoms with Gasteiger partial charge in [-0.1, -0.05) is 0 Å².